The highest BCUT2D eigenvalue weighted by Crippen LogP contribution is 2.44. The average molecular weight is 399 g/mol. The van der Waals surface area contributed by atoms with Gasteiger partial charge < -0.3 is 14.7 Å². The highest BCUT2D eigenvalue weighted by atomic mass is 16.5. The fourth-order valence-electron chi connectivity index (χ4n) is 3.87. The van der Waals surface area contributed by atoms with Crippen molar-refractivity contribution in [1.29, 1.82) is 0 Å². The third-order valence-corrected chi connectivity index (χ3v) is 5.57. The standard InChI is InChI=1S/C26H25NO3/c1-17-4-8-19(9-5-17)16-27-24(21-10-6-18(2)7-11-21)23(25(28)26(27)29)20-12-14-22(30-3)15-13-20/h4-15,24,28H,16H2,1-3H3/t24-/m0/s1. The molecule has 0 fully saturated rings. The number of rotatable bonds is 5. The van der Waals surface area contributed by atoms with E-state index in [1.165, 1.54) is 5.56 Å². The molecule has 30 heavy (non-hydrogen) atoms. The fraction of sp³-hybridized carbons (Fsp3) is 0.192. The van der Waals surface area contributed by atoms with Gasteiger partial charge in [-0.15, -0.1) is 0 Å². The molecule has 0 saturated heterocycles. The number of carbonyl (C=O) groups is 1. The Morgan fingerprint density at radius 2 is 1.43 bits per heavy atom. The highest BCUT2D eigenvalue weighted by Gasteiger charge is 2.40. The van der Waals surface area contributed by atoms with Gasteiger partial charge in [0.1, 0.15) is 5.75 Å². The van der Waals surface area contributed by atoms with Crippen LogP contribution < -0.4 is 4.74 Å². The van der Waals surface area contributed by atoms with Crippen molar-refractivity contribution in [3.63, 3.8) is 0 Å². The van der Waals surface area contributed by atoms with E-state index in [1.54, 1.807) is 12.0 Å². The number of aliphatic hydroxyl groups excluding tert-OH is 1. The summed E-state index contributed by atoms with van der Waals surface area (Å²) < 4.78 is 5.26. The topological polar surface area (TPSA) is 49.8 Å². The van der Waals surface area contributed by atoms with Gasteiger partial charge in [0.25, 0.3) is 5.91 Å². The first kappa shape index (κ1) is 19.8. The lowest BCUT2D eigenvalue weighted by Gasteiger charge is -2.27. The molecule has 1 heterocycles. The molecule has 0 aliphatic carbocycles. The van der Waals surface area contributed by atoms with Crippen LogP contribution >= 0.6 is 0 Å². The second kappa shape index (κ2) is 8.07. The molecule has 1 aliphatic heterocycles. The summed E-state index contributed by atoms with van der Waals surface area (Å²) in [4.78, 5) is 14.9. The van der Waals surface area contributed by atoms with Crippen LogP contribution in [0, 0.1) is 13.8 Å². The Labute approximate surface area is 177 Å². The summed E-state index contributed by atoms with van der Waals surface area (Å²) in [7, 11) is 1.61. The first-order chi connectivity index (χ1) is 14.5. The van der Waals surface area contributed by atoms with Crippen LogP contribution in [0.5, 0.6) is 5.75 Å². The molecular formula is C26H25NO3. The largest absolute Gasteiger partial charge is 0.503 e. The smallest absolute Gasteiger partial charge is 0.290 e. The maximum atomic E-state index is 13.1. The molecule has 0 radical (unpaired) electrons. The van der Waals surface area contributed by atoms with Crippen LogP contribution in [0.3, 0.4) is 0 Å². The molecule has 4 heteroatoms. The van der Waals surface area contributed by atoms with Gasteiger partial charge in [-0.25, -0.2) is 0 Å². The van der Waals surface area contributed by atoms with Crippen molar-refractivity contribution < 1.29 is 14.6 Å². The number of hydrogen-bond donors (Lipinski definition) is 1. The molecule has 1 amide bonds. The molecule has 3 aromatic carbocycles. The van der Waals surface area contributed by atoms with E-state index >= 15 is 0 Å². The summed E-state index contributed by atoms with van der Waals surface area (Å²) in [5, 5.41) is 10.9. The Morgan fingerprint density at radius 1 is 0.867 bits per heavy atom. The minimum Gasteiger partial charge on any atom is -0.503 e. The average Bonchev–Trinajstić information content (AvgIpc) is 3.01. The Hall–Kier alpha value is -3.53. The first-order valence-corrected chi connectivity index (χ1v) is 9.98. The number of methoxy groups -OCH3 is 1. The van der Waals surface area contributed by atoms with Crippen molar-refractivity contribution in [1.82, 2.24) is 4.90 Å². The van der Waals surface area contributed by atoms with Gasteiger partial charge in [-0.1, -0.05) is 71.8 Å². The van der Waals surface area contributed by atoms with E-state index < -0.39 is 0 Å². The summed E-state index contributed by atoms with van der Waals surface area (Å²) >= 11 is 0. The van der Waals surface area contributed by atoms with E-state index in [4.69, 9.17) is 4.74 Å². The van der Waals surface area contributed by atoms with E-state index in [2.05, 4.69) is 0 Å². The van der Waals surface area contributed by atoms with Gasteiger partial charge >= 0.3 is 0 Å². The van der Waals surface area contributed by atoms with E-state index in [-0.39, 0.29) is 17.7 Å². The molecule has 1 atom stereocenters. The number of aryl methyl sites for hydroxylation is 2. The van der Waals surface area contributed by atoms with E-state index in [0.29, 0.717) is 12.1 Å². The Kier molecular flexibility index (Phi) is 5.32. The molecule has 1 N–H and O–H groups in total. The minimum absolute atomic E-state index is 0.196. The third-order valence-electron chi connectivity index (χ3n) is 5.57. The lowest BCUT2D eigenvalue weighted by atomic mass is 9.93. The maximum absolute atomic E-state index is 13.1. The number of nitrogens with zero attached hydrogens (tertiary/aromatic N) is 1. The fourth-order valence-corrected chi connectivity index (χ4v) is 3.87. The van der Waals surface area contributed by atoms with Crippen LogP contribution in [0.25, 0.3) is 5.57 Å². The number of carbonyl (C=O) groups excluding carboxylic acids is 1. The lowest BCUT2D eigenvalue weighted by Crippen LogP contribution is -2.29. The molecule has 3 aromatic rings. The molecule has 4 rings (SSSR count). The molecule has 4 nitrogen and oxygen atoms in total. The van der Waals surface area contributed by atoms with Crippen molar-refractivity contribution in [3.05, 3.63) is 106 Å². The number of amides is 1. The van der Waals surface area contributed by atoms with E-state index in [0.717, 1.165) is 28.0 Å². The number of benzene rings is 3. The van der Waals surface area contributed by atoms with Crippen molar-refractivity contribution >= 4 is 11.5 Å². The van der Waals surface area contributed by atoms with Gasteiger partial charge in [-0.05, 0) is 42.7 Å². The highest BCUT2D eigenvalue weighted by molar-refractivity contribution is 6.05. The van der Waals surface area contributed by atoms with Crippen LogP contribution in [0.2, 0.25) is 0 Å². The van der Waals surface area contributed by atoms with Crippen molar-refractivity contribution in [3.8, 4) is 5.75 Å². The van der Waals surface area contributed by atoms with Crippen LogP contribution in [0.15, 0.2) is 78.6 Å². The SMILES string of the molecule is COc1ccc(C2=C(O)C(=O)N(Cc3ccc(C)cc3)[C@H]2c2ccc(C)cc2)cc1. The van der Waals surface area contributed by atoms with Crippen molar-refractivity contribution in [2.24, 2.45) is 0 Å². The molecule has 0 bridgehead atoms. The van der Waals surface area contributed by atoms with Gasteiger partial charge in [-0.2, -0.15) is 0 Å². The predicted octanol–water partition coefficient (Wildman–Crippen LogP) is 5.36. The van der Waals surface area contributed by atoms with Gasteiger partial charge in [0, 0.05) is 12.1 Å². The lowest BCUT2D eigenvalue weighted by molar-refractivity contribution is -0.130. The first-order valence-electron chi connectivity index (χ1n) is 9.98. The monoisotopic (exact) mass is 399 g/mol. The summed E-state index contributed by atoms with van der Waals surface area (Å²) in [5.74, 6) is 0.177. The van der Waals surface area contributed by atoms with Gasteiger partial charge in [-0.3, -0.25) is 4.79 Å². The normalized spacial score (nSPS) is 16.3. The molecule has 0 saturated carbocycles. The Balaban J connectivity index is 1.79. The molecule has 0 aromatic heterocycles. The summed E-state index contributed by atoms with van der Waals surface area (Å²) in [6.45, 7) is 4.49. The van der Waals surface area contributed by atoms with Crippen LogP contribution in [0.4, 0.5) is 0 Å². The second-order valence-electron chi connectivity index (χ2n) is 7.72. The predicted molar refractivity (Wildman–Crippen MR) is 118 cm³/mol. The quantitative estimate of drug-likeness (QED) is 0.628. The molecule has 0 spiro atoms. The number of ether oxygens (including phenoxy) is 1. The summed E-state index contributed by atoms with van der Waals surface area (Å²) in [5.41, 5.74) is 5.73. The number of aliphatic hydroxyl groups is 1. The zero-order valence-corrected chi connectivity index (χ0v) is 17.4. The molecule has 1 aliphatic rings. The summed E-state index contributed by atoms with van der Waals surface area (Å²) in [6, 6.07) is 23.3. The van der Waals surface area contributed by atoms with Crippen molar-refractivity contribution in [2.45, 2.75) is 26.4 Å². The third kappa shape index (κ3) is 3.69. The molecule has 152 valence electrons. The van der Waals surface area contributed by atoms with Crippen LogP contribution in [0.1, 0.15) is 33.9 Å². The van der Waals surface area contributed by atoms with Crippen LogP contribution in [-0.2, 0) is 11.3 Å². The van der Waals surface area contributed by atoms with E-state index in [9.17, 15) is 9.90 Å². The zero-order valence-electron chi connectivity index (χ0n) is 17.4. The van der Waals surface area contributed by atoms with Gasteiger partial charge in [0.15, 0.2) is 5.76 Å². The summed E-state index contributed by atoms with van der Waals surface area (Å²) in [6.07, 6.45) is 0. The maximum Gasteiger partial charge on any atom is 0.290 e. The Morgan fingerprint density at radius 3 is 2.00 bits per heavy atom. The molecular weight excluding hydrogens is 374 g/mol. The van der Waals surface area contributed by atoms with Gasteiger partial charge in [0.2, 0.25) is 0 Å². The van der Waals surface area contributed by atoms with Gasteiger partial charge in [0.05, 0.1) is 13.2 Å². The van der Waals surface area contributed by atoms with E-state index in [1.807, 2.05) is 86.6 Å². The number of hydrogen-bond acceptors (Lipinski definition) is 3. The van der Waals surface area contributed by atoms with Crippen molar-refractivity contribution in [2.75, 3.05) is 7.11 Å². The molecule has 0 unspecified atom stereocenters. The zero-order chi connectivity index (χ0) is 21.3. The Bertz CT molecular complexity index is 1080. The minimum atomic E-state index is -0.368. The second-order valence-corrected chi connectivity index (χ2v) is 7.72. The van der Waals surface area contributed by atoms with Crippen LogP contribution in [-0.4, -0.2) is 23.0 Å².